The Labute approximate surface area is 131 Å². The summed E-state index contributed by atoms with van der Waals surface area (Å²) in [5.74, 6) is -0.265. The quantitative estimate of drug-likeness (QED) is 0.629. The molecule has 0 aromatic carbocycles. The highest BCUT2D eigenvalue weighted by Gasteiger charge is 2.17. The minimum atomic E-state index is -0.265. The van der Waals surface area contributed by atoms with Gasteiger partial charge in [-0.3, -0.25) is 0 Å². The van der Waals surface area contributed by atoms with Crippen LogP contribution in [0.25, 0.3) is 6.08 Å². The van der Waals surface area contributed by atoms with E-state index >= 15 is 0 Å². The summed E-state index contributed by atoms with van der Waals surface area (Å²) in [6, 6.07) is 0.470. The van der Waals surface area contributed by atoms with Gasteiger partial charge in [0.1, 0.15) is 11.8 Å². The first-order valence-corrected chi connectivity index (χ1v) is 8.62. The minimum Gasteiger partial charge on any atom is -0.459 e. The second kappa shape index (κ2) is 7.56. The van der Waals surface area contributed by atoms with Crippen molar-refractivity contribution in [3.8, 4) is 0 Å². The van der Waals surface area contributed by atoms with E-state index in [-0.39, 0.29) is 12.1 Å². The molecule has 2 saturated carbocycles. The van der Waals surface area contributed by atoms with E-state index in [1.165, 1.54) is 44.6 Å². The van der Waals surface area contributed by atoms with Crippen LogP contribution in [0.1, 0.15) is 75.9 Å². The first-order valence-electron chi connectivity index (χ1n) is 8.62. The number of esters is 1. The number of aromatic nitrogens is 3. The van der Waals surface area contributed by atoms with Crippen molar-refractivity contribution in [3.05, 3.63) is 18.0 Å². The first kappa shape index (κ1) is 15.3. The van der Waals surface area contributed by atoms with Crippen molar-refractivity contribution in [3.63, 3.8) is 0 Å². The van der Waals surface area contributed by atoms with Crippen LogP contribution in [0.2, 0.25) is 0 Å². The van der Waals surface area contributed by atoms with Crippen molar-refractivity contribution in [2.75, 3.05) is 0 Å². The molecule has 0 N–H and O–H groups in total. The van der Waals surface area contributed by atoms with E-state index in [2.05, 4.69) is 10.3 Å². The fourth-order valence-corrected chi connectivity index (χ4v) is 3.43. The van der Waals surface area contributed by atoms with Crippen LogP contribution in [0.5, 0.6) is 0 Å². The Morgan fingerprint density at radius 3 is 2.50 bits per heavy atom. The van der Waals surface area contributed by atoms with Crippen molar-refractivity contribution in [2.24, 2.45) is 0 Å². The number of ether oxygens (including phenoxy) is 1. The highest BCUT2D eigenvalue weighted by Crippen LogP contribution is 2.27. The maximum atomic E-state index is 11.8. The van der Waals surface area contributed by atoms with Crippen molar-refractivity contribution in [1.29, 1.82) is 0 Å². The van der Waals surface area contributed by atoms with E-state index in [0.29, 0.717) is 6.04 Å². The molecule has 120 valence electrons. The lowest BCUT2D eigenvalue weighted by Crippen LogP contribution is -2.19. The van der Waals surface area contributed by atoms with Crippen LogP contribution in [0, 0.1) is 0 Å². The molecule has 0 aliphatic heterocycles. The Hall–Kier alpha value is -1.65. The molecule has 2 aliphatic carbocycles. The van der Waals surface area contributed by atoms with E-state index in [1.54, 1.807) is 6.08 Å². The summed E-state index contributed by atoms with van der Waals surface area (Å²) in [4.78, 5) is 11.8. The highest BCUT2D eigenvalue weighted by atomic mass is 16.5. The summed E-state index contributed by atoms with van der Waals surface area (Å²) in [7, 11) is 0. The summed E-state index contributed by atoms with van der Waals surface area (Å²) >= 11 is 0. The second-order valence-electron chi connectivity index (χ2n) is 6.45. The van der Waals surface area contributed by atoms with Gasteiger partial charge in [-0.05, 0) is 44.6 Å². The molecule has 2 aliphatic rings. The summed E-state index contributed by atoms with van der Waals surface area (Å²) in [6.45, 7) is 0. The first-order chi connectivity index (χ1) is 10.8. The Bertz CT molecular complexity index is 512. The molecular weight excluding hydrogens is 278 g/mol. The number of nitrogens with zero attached hydrogens (tertiary/aromatic N) is 3. The standard InChI is InChI=1S/C17H25N3O2/c21-17(22-16-9-5-2-6-10-16)12-11-14-13-20(19-18-14)15-7-3-1-4-8-15/h11-13,15-16H,1-10H2/b12-11+. The van der Waals surface area contributed by atoms with Gasteiger partial charge in [0, 0.05) is 6.08 Å². The fraction of sp³-hybridized carbons (Fsp3) is 0.706. The van der Waals surface area contributed by atoms with Crippen molar-refractivity contribution < 1.29 is 9.53 Å². The van der Waals surface area contributed by atoms with Crippen molar-refractivity contribution >= 4 is 12.0 Å². The summed E-state index contributed by atoms with van der Waals surface area (Å²) in [6.07, 6.45) is 17.0. The Kier molecular flexibility index (Phi) is 5.24. The Morgan fingerprint density at radius 2 is 1.77 bits per heavy atom. The number of carbonyl (C=O) groups is 1. The largest absolute Gasteiger partial charge is 0.459 e. The molecule has 5 nitrogen and oxygen atoms in total. The topological polar surface area (TPSA) is 57.0 Å². The van der Waals surface area contributed by atoms with E-state index in [4.69, 9.17) is 4.74 Å². The summed E-state index contributed by atoms with van der Waals surface area (Å²) < 4.78 is 7.41. The molecule has 5 heteroatoms. The van der Waals surface area contributed by atoms with Crippen LogP contribution >= 0.6 is 0 Å². The van der Waals surface area contributed by atoms with Crippen LogP contribution in [-0.2, 0) is 9.53 Å². The average Bonchev–Trinajstić information content (AvgIpc) is 3.04. The third kappa shape index (κ3) is 4.18. The fourth-order valence-electron chi connectivity index (χ4n) is 3.43. The lowest BCUT2D eigenvalue weighted by Gasteiger charge is -2.21. The zero-order chi connectivity index (χ0) is 15.2. The van der Waals surface area contributed by atoms with E-state index in [0.717, 1.165) is 31.4 Å². The van der Waals surface area contributed by atoms with Gasteiger partial charge in [0.2, 0.25) is 0 Å². The number of hydrogen-bond acceptors (Lipinski definition) is 4. The Morgan fingerprint density at radius 1 is 1.09 bits per heavy atom. The van der Waals surface area contributed by atoms with Crippen molar-refractivity contribution in [2.45, 2.75) is 76.4 Å². The molecular formula is C17H25N3O2. The molecule has 0 atom stereocenters. The highest BCUT2D eigenvalue weighted by molar-refractivity contribution is 5.86. The number of rotatable bonds is 4. The predicted octanol–water partition coefficient (Wildman–Crippen LogP) is 3.67. The van der Waals surface area contributed by atoms with E-state index in [1.807, 2.05) is 10.9 Å². The van der Waals surface area contributed by atoms with Gasteiger partial charge in [0.25, 0.3) is 0 Å². The number of carbonyl (C=O) groups excluding carboxylic acids is 1. The van der Waals surface area contributed by atoms with Gasteiger partial charge < -0.3 is 4.74 Å². The molecule has 1 heterocycles. The SMILES string of the molecule is O=C(/C=C/c1cn(C2CCCCC2)nn1)OC1CCCCC1. The maximum absolute atomic E-state index is 11.8. The Balaban J connectivity index is 1.51. The van der Waals surface area contributed by atoms with Crippen LogP contribution < -0.4 is 0 Å². The van der Waals surface area contributed by atoms with Gasteiger partial charge in [0.15, 0.2) is 0 Å². The molecule has 0 amide bonds. The molecule has 0 unspecified atom stereocenters. The predicted molar refractivity (Wildman–Crippen MR) is 84.1 cm³/mol. The molecule has 2 fully saturated rings. The van der Waals surface area contributed by atoms with Gasteiger partial charge in [0.05, 0.1) is 12.2 Å². The molecule has 22 heavy (non-hydrogen) atoms. The van der Waals surface area contributed by atoms with E-state index in [9.17, 15) is 4.79 Å². The molecule has 1 aromatic heterocycles. The maximum Gasteiger partial charge on any atom is 0.331 e. The molecule has 0 spiro atoms. The van der Waals surface area contributed by atoms with Crippen molar-refractivity contribution in [1.82, 2.24) is 15.0 Å². The monoisotopic (exact) mass is 303 g/mol. The van der Waals surface area contributed by atoms with Crippen LogP contribution in [0.3, 0.4) is 0 Å². The molecule has 0 bridgehead atoms. The lowest BCUT2D eigenvalue weighted by atomic mass is 9.96. The average molecular weight is 303 g/mol. The molecule has 3 rings (SSSR count). The summed E-state index contributed by atoms with van der Waals surface area (Å²) in [5, 5.41) is 8.33. The minimum absolute atomic E-state index is 0.101. The summed E-state index contributed by atoms with van der Waals surface area (Å²) in [5.41, 5.74) is 0.728. The lowest BCUT2D eigenvalue weighted by molar-refractivity contribution is -0.144. The normalized spacial score (nSPS) is 21.3. The van der Waals surface area contributed by atoms with E-state index < -0.39 is 0 Å². The van der Waals surface area contributed by atoms with Gasteiger partial charge in [-0.1, -0.05) is 30.9 Å². The smallest absolute Gasteiger partial charge is 0.331 e. The zero-order valence-electron chi connectivity index (χ0n) is 13.1. The van der Waals surface area contributed by atoms with Crippen LogP contribution in [-0.4, -0.2) is 27.1 Å². The molecule has 1 aromatic rings. The second-order valence-corrected chi connectivity index (χ2v) is 6.45. The molecule has 0 radical (unpaired) electrons. The van der Waals surface area contributed by atoms with Crippen LogP contribution in [0.4, 0.5) is 0 Å². The van der Waals surface area contributed by atoms with Gasteiger partial charge in [-0.2, -0.15) is 0 Å². The number of hydrogen-bond donors (Lipinski definition) is 0. The van der Waals surface area contributed by atoms with Crippen LogP contribution in [0.15, 0.2) is 12.3 Å². The van der Waals surface area contributed by atoms with Gasteiger partial charge >= 0.3 is 5.97 Å². The van der Waals surface area contributed by atoms with Gasteiger partial charge in [-0.25, -0.2) is 9.48 Å². The van der Waals surface area contributed by atoms with Gasteiger partial charge in [-0.15, -0.1) is 5.10 Å². The zero-order valence-corrected chi connectivity index (χ0v) is 13.1. The third-order valence-corrected chi connectivity index (χ3v) is 4.70. The molecule has 0 saturated heterocycles. The third-order valence-electron chi connectivity index (χ3n) is 4.70.